The predicted octanol–water partition coefficient (Wildman–Crippen LogP) is 2.57. The minimum atomic E-state index is 0.396. The van der Waals surface area contributed by atoms with Crippen LogP contribution in [0.4, 0.5) is 5.69 Å². The summed E-state index contributed by atoms with van der Waals surface area (Å²) < 4.78 is 5.28. The summed E-state index contributed by atoms with van der Waals surface area (Å²) in [5.41, 5.74) is 2.02. The lowest BCUT2D eigenvalue weighted by molar-refractivity contribution is 0.540. The van der Waals surface area contributed by atoms with Crippen LogP contribution in [0.5, 0.6) is 0 Å². The number of benzene rings is 1. The molecule has 4 nitrogen and oxygen atoms in total. The molecule has 15 heavy (non-hydrogen) atoms. The van der Waals surface area contributed by atoms with Crippen molar-refractivity contribution < 1.29 is 4.42 Å². The van der Waals surface area contributed by atoms with Gasteiger partial charge in [-0.1, -0.05) is 6.07 Å². The fourth-order valence-corrected chi connectivity index (χ4v) is 1.47. The summed E-state index contributed by atoms with van der Waals surface area (Å²) in [7, 11) is 3.98. The molecule has 78 valence electrons. The molecule has 1 heterocycles. The molecule has 0 aliphatic heterocycles. The first kappa shape index (κ1) is 10.2. The SMILES string of the molecule is CN(C)c1cccc(-c2nnc(Br)o2)c1. The van der Waals surface area contributed by atoms with E-state index in [1.54, 1.807) is 0 Å². The van der Waals surface area contributed by atoms with Crippen molar-refractivity contribution in [3.8, 4) is 11.5 Å². The fraction of sp³-hybridized carbons (Fsp3) is 0.200. The molecule has 0 atom stereocenters. The van der Waals surface area contributed by atoms with Crippen molar-refractivity contribution in [2.24, 2.45) is 0 Å². The summed E-state index contributed by atoms with van der Waals surface area (Å²) in [6, 6.07) is 7.92. The number of nitrogens with zero attached hydrogens (tertiary/aromatic N) is 3. The minimum absolute atomic E-state index is 0.396. The molecule has 0 saturated carbocycles. The van der Waals surface area contributed by atoms with Gasteiger partial charge in [0.05, 0.1) is 0 Å². The van der Waals surface area contributed by atoms with Gasteiger partial charge in [-0.15, -0.1) is 10.2 Å². The van der Waals surface area contributed by atoms with Crippen LogP contribution >= 0.6 is 15.9 Å². The normalized spacial score (nSPS) is 10.3. The number of aromatic nitrogens is 2. The summed E-state index contributed by atoms with van der Waals surface area (Å²) in [6.45, 7) is 0. The van der Waals surface area contributed by atoms with Crippen LogP contribution in [0.1, 0.15) is 0 Å². The third-order valence-electron chi connectivity index (χ3n) is 2.01. The number of hydrogen-bond acceptors (Lipinski definition) is 4. The molecule has 0 unspecified atom stereocenters. The topological polar surface area (TPSA) is 42.2 Å². The molecular weight excluding hydrogens is 258 g/mol. The second kappa shape index (κ2) is 4.02. The van der Waals surface area contributed by atoms with Gasteiger partial charge in [-0.05, 0) is 18.2 Å². The van der Waals surface area contributed by atoms with Crippen molar-refractivity contribution in [2.75, 3.05) is 19.0 Å². The van der Waals surface area contributed by atoms with E-state index >= 15 is 0 Å². The molecule has 0 saturated heterocycles. The maximum Gasteiger partial charge on any atom is 0.285 e. The molecule has 0 N–H and O–H groups in total. The molecule has 1 aromatic heterocycles. The first-order chi connectivity index (χ1) is 7.16. The molecule has 0 spiro atoms. The third-order valence-corrected chi connectivity index (χ3v) is 2.33. The van der Waals surface area contributed by atoms with E-state index in [1.165, 1.54) is 0 Å². The van der Waals surface area contributed by atoms with Crippen LogP contribution < -0.4 is 4.90 Å². The Morgan fingerprint density at radius 1 is 1.27 bits per heavy atom. The van der Waals surface area contributed by atoms with Gasteiger partial charge < -0.3 is 9.32 Å². The average molecular weight is 268 g/mol. The van der Waals surface area contributed by atoms with Crippen LogP contribution in [0, 0.1) is 0 Å². The van der Waals surface area contributed by atoms with Gasteiger partial charge in [0.25, 0.3) is 4.80 Å². The molecule has 0 fully saturated rings. The van der Waals surface area contributed by atoms with Crippen molar-refractivity contribution in [3.05, 3.63) is 29.1 Å². The van der Waals surface area contributed by atoms with Crippen molar-refractivity contribution in [2.45, 2.75) is 0 Å². The monoisotopic (exact) mass is 267 g/mol. The highest BCUT2D eigenvalue weighted by molar-refractivity contribution is 9.10. The maximum absolute atomic E-state index is 5.28. The molecule has 5 heteroatoms. The largest absolute Gasteiger partial charge is 0.411 e. The van der Waals surface area contributed by atoms with Crippen LogP contribution in [0.2, 0.25) is 0 Å². The molecular formula is C10H10BrN3O. The second-order valence-corrected chi connectivity index (χ2v) is 3.98. The Hall–Kier alpha value is -1.36. The number of hydrogen-bond donors (Lipinski definition) is 0. The zero-order valence-corrected chi connectivity index (χ0v) is 10.0. The second-order valence-electron chi connectivity index (χ2n) is 3.30. The highest BCUT2D eigenvalue weighted by Crippen LogP contribution is 2.23. The van der Waals surface area contributed by atoms with Gasteiger partial charge in [0, 0.05) is 41.3 Å². The van der Waals surface area contributed by atoms with Gasteiger partial charge in [0.2, 0.25) is 5.89 Å². The molecule has 0 aliphatic rings. The summed E-state index contributed by atoms with van der Waals surface area (Å²) in [5.74, 6) is 0.519. The molecule has 0 aliphatic carbocycles. The van der Waals surface area contributed by atoms with Crippen molar-refractivity contribution >= 4 is 21.6 Å². The van der Waals surface area contributed by atoms with Crippen molar-refractivity contribution in [1.82, 2.24) is 10.2 Å². The molecule has 0 radical (unpaired) electrons. The lowest BCUT2D eigenvalue weighted by Gasteiger charge is -2.12. The summed E-state index contributed by atoms with van der Waals surface area (Å²) in [6.07, 6.45) is 0. The van der Waals surface area contributed by atoms with E-state index in [9.17, 15) is 0 Å². The van der Waals surface area contributed by atoms with Crippen molar-refractivity contribution in [3.63, 3.8) is 0 Å². The van der Waals surface area contributed by atoms with Crippen molar-refractivity contribution in [1.29, 1.82) is 0 Å². The molecule has 2 aromatic rings. The Morgan fingerprint density at radius 2 is 2.07 bits per heavy atom. The van der Waals surface area contributed by atoms with Gasteiger partial charge in [0.15, 0.2) is 0 Å². The minimum Gasteiger partial charge on any atom is -0.411 e. The highest BCUT2D eigenvalue weighted by Gasteiger charge is 2.07. The molecule has 2 rings (SSSR count). The van der Waals surface area contributed by atoms with Gasteiger partial charge in [0.1, 0.15) is 0 Å². The lowest BCUT2D eigenvalue weighted by Crippen LogP contribution is -2.08. The smallest absolute Gasteiger partial charge is 0.285 e. The van der Waals surface area contributed by atoms with Gasteiger partial charge in [-0.25, -0.2) is 0 Å². The van der Waals surface area contributed by atoms with Crippen LogP contribution in [0.3, 0.4) is 0 Å². The van der Waals surface area contributed by atoms with E-state index in [4.69, 9.17) is 4.42 Å². The lowest BCUT2D eigenvalue weighted by atomic mass is 10.2. The Morgan fingerprint density at radius 3 is 2.67 bits per heavy atom. The molecule has 0 amide bonds. The molecule has 0 bridgehead atoms. The van der Waals surface area contributed by atoms with Crippen LogP contribution in [-0.2, 0) is 0 Å². The summed E-state index contributed by atoms with van der Waals surface area (Å²) in [5, 5.41) is 7.66. The van der Waals surface area contributed by atoms with Gasteiger partial charge in [-0.2, -0.15) is 0 Å². The average Bonchev–Trinajstić information content (AvgIpc) is 2.65. The summed E-state index contributed by atoms with van der Waals surface area (Å²) in [4.78, 5) is 2.42. The Balaban J connectivity index is 2.41. The van der Waals surface area contributed by atoms with E-state index in [1.807, 2.05) is 43.3 Å². The number of rotatable bonds is 2. The first-order valence-corrected chi connectivity index (χ1v) is 5.23. The van der Waals surface area contributed by atoms with Crippen LogP contribution in [0.15, 0.2) is 33.5 Å². The maximum atomic E-state index is 5.28. The van der Waals surface area contributed by atoms with E-state index < -0.39 is 0 Å². The van der Waals surface area contributed by atoms with Crippen LogP contribution in [0.25, 0.3) is 11.5 Å². The van der Waals surface area contributed by atoms with Gasteiger partial charge >= 0.3 is 0 Å². The fourth-order valence-electron chi connectivity index (χ4n) is 1.24. The highest BCUT2D eigenvalue weighted by atomic mass is 79.9. The molecule has 1 aromatic carbocycles. The Labute approximate surface area is 96.0 Å². The first-order valence-electron chi connectivity index (χ1n) is 4.43. The Kier molecular flexibility index (Phi) is 2.73. The zero-order chi connectivity index (χ0) is 10.8. The third kappa shape index (κ3) is 2.18. The van der Waals surface area contributed by atoms with E-state index in [0.717, 1.165) is 11.3 Å². The van der Waals surface area contributed by atoms with Crippen LogP contribution in [-0.4, -0.2) is 24.3 Å². The van der Waals surface area contributed by atoms with E-state index in [-0.39, 0.29) is 0 Å². The number of anilines is 1. The standard InChI is InChI=1S/C10H10BrN3O/c1-14(2)8-5-3-4-7(6-8)9-12-13-10(11)15-9/h3-6H,1-2H3. The quantitative estimate of drug-likeness (QED) is 0.839. The van der Waals surface area contributed by atoms with Gasteiger partial charge in [-0.3, -0.25) is 0 Å². The predicted molar refractivity (Wildman–Crippen MR) is 61.8 cm³/mol. The Bertz CT molecular complexity index is 467. The van der Waals surface area contributed by atoms with E-state index in [0.29, 0.717) is 10.7 Å². The summed E-state index contributed by atoms with van der Waals surface area (Å²) >= 11 is 3.13. The van der Waals surface area contributed by atoms with E-state index in [2.05, 4.69) is 26.1 Å². The zero-order valence-electron chi connectivity index (χ0n) is 8.44. The number of halogens is 1.